The Kier molecular flexibility index (Phi) is 4.58. The molecule has 0 saturated carbocycles. The summed E-state index contributed by atoms with van der Waals surface area (Å²) in [5, 5.41) is 5.80. The minimum atomic E-state index is -0.407. The Labute approximate surface area is 175 Å². The molecule has 0 bridgehead atoms. The number of ether oxygens (including phenoxy) is 2. The van der Waals surface area contributed by atoms with E-state index in [0.29, 0.717) is 13.0 Å². The quantitative estimate of drug-likeness (QED) is 0.482. The van der Waals surface area contributed by atoms with Gasteiger partial charge in [0.05, 0.1) is 19.8 Å². The van der Waals surface area contributed by atoms with Gasteiger partial charge in [0.1, 0.15) is 11.8 Å². The first kappa shape index (κ1) is 18.6. The first-order valence-electron chi connectivity index (χ1n) is 10.3. The normalized spacial score (nSPS) is 18.1. The Morgan fingerprint density at radius 1 is 1.03 bits per heavy atom. The number of para-hydroxylation sites is 2. The number of nitrogens with one attached hydrogen (secondary N) is 1. The lowest BCUT2D eigenvalue weighted by atomic mass is 9.92. The highest BCUT2D eigenvalue weighted by Crippen LogP contribution is 2.42. The van der Waals surface area contributed by atoms with Crippen LogP contribution >= 0.6 is 0 Å². The van der Waals surface area contributed by atoms with E-state index in [1.807, 2.05) is 19.1 Å². The van der Waals surface area contributed by atoms with Gasteiger partial charge in [-0.15, -0.1) is 0 Å². The maximum absolute atomic E-state index is 12.7. The fourth-order valence-electron chi connectivity index (χ4n) is 4.60. The molecule has 30 heavy (non-hydrogen) atoms. The minimum absolute atomic E-state index is 0.0319. The monoisotopic (exact) mass is 400 g/mol. The highest BCUT2D eigenvalue weighted by molar-refractivity contribution is 6.08. The molecule has 152 valence electrons. The van der Waals surface area contributed by atoms with Crippen LogP contribution in [0, 0.1) is 0 Å². The van der Waals surface area contributed by atoms with Crippen LogP contribution in [0.3, 0.4) is 0 Å². The van der Waals surface area contributed by atoms with E-state index < -0.39 is 6.04 Å². The third-order valence-electron chi connectivity index (χ3n) is 5.91. The second-order valence-corrected chi connectivity index (χ2v) is 7.56. The van der Waals surface area contributed by atoms with Gasteiger partial charge >= 0.3 is 5.97 Å². The van der Waals surface area contributed by atoms with Gasteiger partial charge in [-0.25, -0.2) is 4.79 Å². The highest BCUT2D eigenvalue weighted by atomic mass is 16.5. The van der Waals surface area contributed by atoms with Crippen molar-refractivity contribution in [3.05, 3.63) is 72.3 Å². The van der Waals surface area contributed by atoms with Crippen LogP contribution in [0.5, 0.6) is 5.75 Å². The van der Waals surface area contributed by atoms with Crippen molar-refractivity contribution in [3.8, 4) is 5.75 Å². The fraction of sp³-hybridized carbons (Fsp3) is 0.240. The van der Waals surface area contributed by atoms with Gasteiger partial charge in [0.15, 0.2) is 0 Å². The lowest BCUT2D eigenvalue weighted by Gasteiger charge is -2.34. The van der Waals surface area contributed by atoms with Crippen LogP contribution in [0.15, 0.2) is 66.7 Å². The molecule has 0 radical (unpaired) electrons. The van der Waals surface area contributed by atoms with Crippen LogP contribution < -0.4 is 10.1 Å². The third-order valence-corrected chi connectivity index (χ3v) is 5.91. The van der Waals surface area contributed by atoms with Gasteiger partial charge < -0.3 is 19.4 Å². The number of carbonyl (C=O) groups is 1. The molecule has 2 heterocycles. The van der Waals surface area contributed by atoms with Crippen molar-refractivity contribution in [1.82, 2.24) is 4.57 Å². The largest absolute Gasteiger partial charge is 0.497 e. The summed E-state index contributed by atoms with van der Waals surface area (Å²) in [5.41, 5.74) is 4.36. The predicted octanol–water partition coefficient (Wildman–Crippen LogP) is 5.14. The first-order chi connectivity index (χ1) is 14.7. The van der Waals surface area contributed by atoms with E-state index in [-0.39, 0.29) is 12.0 Å². The molecule has 1 aromatic heterocycles. The molecule has 0 amide bonds. The van der Waals surface area contributed by atoms with Crippen molar-refractivity contribution in [3.63, 3.8) is 0 Å². The molecule has 3 aromatic carbocycles. The van der Waals surface area contributed by atoms with E-state index in [1.54, 1.807) is 7.11 Å². The Hall–Kier alpha value is -3.47. The van der Waals surface area contributed by atoms with Crippen LogP contribution in [0.1, 0.15) is 24.9 Å². The third kappa shape index (κ3) is 2.89. The molecule has 0 aliphatic carbocycles. The number of esters is 1. The number of nitrogens with zero attached hydrogens (tertiary/aromatic N) is 1. The maximum atomic E-state index is 12.7. The molecular formula is C25H24N2O3. The topological polar surface area (TPSA) is 52.5 Å². The molecule has 4 aromatic rings. The zero-order chi connectivity index (χ0) is 20.7. The number of rotatable bonds is 4. The minimum Gasteiger partial charge on any atom is -0.497 e. The van der Waals surface area contributed by atoms with Crippen molar-refractivity contribution < 1.29 is 14.3 Å². The number of methoxy groups -OCH3 is 1. The van der Waals surface area contributed by atoms with Crippen molar-refractivity contribution in [2.24, 2.45) is 0 Å². The summed E-state index contributed by atoms with van der Waals surface area (Å²) in [5.74, 6) is 0.584. The highest BCUT2D eigenvalue weighted by Gasteiger charge is 2.34. The zero-order valence-corrected chi connectivity index (χ0v) is 17.1. The number of fused-ring (bicyclic) bond motifs is 4. The number of hydrogen-bond donors (Lipinski definition) is 1. The summed E-state index contributed by atoms with van der Waals surface area (Å²) in [4.78, 5) is 12.7. The average Bonchev–Trinajstić information content (AvgIpc) is 3.12. The summed E-state index contributed by atoms with van der Waals surface area (Å²) in [7, 11) is 1.68. The SMILES string of the molecule is CCOC(=O)C1CC(n2c3ccccc3c3ccccc32)c2cc(OC)ccc2N1. The molecular weight excluding hydrogens is 376 g/mol. The number of hydrogen-bond acceptors (Lipinski definition) is 4. The van der Waals surface area contributed by atoms with Crippen LogP contribution in [0.4, 0.5) is 5.69 Å². The van der Waals surface area contributed by atoms with Gasteiger partial charge in [-0.2, -0.15) is 0 Å². The number of anilines is 1. The molecule has 1 aliphatic rings. The van der Waals surface area contributed by atoms with Gasteiger partial charge in [0.25, 0.3) is 0 Å². The van der Waals surface area contributed by atoms with Gasteiger partial charge in [-0.1, -0.05) is 36.4 Å². The standard InChI is InChI=1S/C25H24N2O3/c1-3-30-25(28)21-15-24(19-14-16(29-2)12-13-20(19)26-21)27-22-10-6-4-8-17(22)18-9-5-7-11-23(18)27/h4-14,21,24,26H,3,15H2,1-2H3. The van der Waals surface area contributed by atoms with Crippen molar-refractivity contribution in [2.45, 2.75) is 25.4 Å². The van der Waals surface area contributed by atoms with E-state index in [1.165, 1.54) is 10.8 Å². The van der Waals surface area contributed by atoms with Crippen molar-refractivity contribution in [2.75, 3.05) is 19.0 Å². The molecule has 5 nitrogen and oxygen atoms in total. The van der Waals surface area contributed by atoms with E-state index >= 15 is 0 Å². The molecule has 5 rings (SSSR count). The lowest BCUT2D eigenvalue weighted by Crippen LogP contribution is -2.38. The molecule has 0 spiro atoms. The summed E-state index contributed by atoms with van der Waals surface area (Å²) >= 11 is 0. The van der Waals surface area contributed by atoms with Crippen LogP contribution in [-0.2, 0) is 9.53 Å². The molecule has 5 heteroatoms. The summed E-state index contributed by atoms with van der Waals surface area (Å²) in [6.45, 7) is 2.20. The Bertz CT molecular complexity index is 1190. The second-order valence-electron chi connectivity index (χ2n) is 7.56. The smallest absolute Gasteiger partial charge is 0.328 e. The van der Waals surface area contributed by atoms with Gasteiger partial charge in [-0.3, -0.25) is 0 Å². The molecule has 2 atom stereocenters. The second kappa shape index (κ2) is 7.41. The maximum Gasteiger partial charge on any atom is 0.328 e. The van der Waals surface area contributed by atoms with Crippen molar-refractivity contribution in [1.29, 1.82) is 0 Å². The lowest BCUT2D eigenvalue weighted by molar-refractivity contribution is -0.144. The fourth-order valence-corrected chi connectivity index (χ4v) is 4.60. The van der Waals surface area contributed by atoms with E-state index in [4.69, 9.17) is 9.47 Å². The predicted molar refractivity (Wildman–Crippen MR) is 119 cm³/mol. The van der Waals surface area contributed by atoms with Crippen molar-refractivity contribution >= 4 is 33.5 Å². The van der Waals surface area contributed by atoms with Gasteiger partial charge in [-0.05, 0) is 37.3 Å². The number of benzene rings is 3. The van der Waals surface area contributed by atoms with E-state index in [9.17, 15) is 4.79 Å². The molecule has 0 fully saturated rings. The van der Waals surface area contributed by atoms with Gasteiger partial charge in [0, 0.05) is 39.5 Å². The summed E-state index contributed by atoms with van der Waals surface area (Å²) < 4.78 is 13.2. The Morgan fingerprint density at radius 3 is 2.33 bits per heavy atom. The summed E-state index contributed by atoms with van der Waals surface area (Å²) in [6, 6.07) is 22.4. The summed E-state index contributed by atoms with van der Waals surface area (Å²) in [6.07, 6.45) is 0.599. The molecule has 1 N–H and O–H groups in total. The zero-order valence-electron chi connectivity index (χ0n) is 17.1. The van der Waals surface area contributed by atoms with Crippen LogP contribution in [0.25, 0.3) is 21.8 Å². The molecule has 0 saturated heterocycles. The molecule has 1 aliphatic heterocycles. The van der Waals surface area contributed by atoms with Crippen LogP contribution in [-0.4, -0.2) is 30.3 Å². The first-order valence-corrected chi connectivity index (χ1v) is 10.3. The van der Waals surface area contributed by atoms with E-state index in [2.05, 4.69) is 64.5 Å². The number of carbonyl (C=O) groups excluding carboxylic acids is 1. The average molecular weight is 400 g/mol. The molecule has 2 unspecified atom stereocenters. The van der Waals surface area contributed by atoms with Gasteiger partial charge in [0.2, 0.25) is 0 Å². The Balaban J connectivity index is 1.75. The number of aromatic nitrogens is 1. The van der Waals surface area contributed by atoms with E-state index in [0.717, 1.165) is 28.0 Å². The van der Waals surface area contributed by atoms with Crippen LogP contribution in [0.2, 0.25) is 0 Å². The Morgan fingerprint density at radius 2 is 1.70 bits per heavy atom.